The molecule has 0 radical (unpaired) electrons. The molecular weight excluding hydrogens is 265 g/mol. The van der Waals surface area contributed by atoms with Gasteiger partial charge in [0.1, 0.15) is 5.82 Å². The van der Waals surface area contributed by atoms with Crippen LogP contribution in [0.1, 0.15) is 31.3 Å². The number of aromatic nitrogens is 2. The topological polar surface area (TPSA) is 64.9 Å². The number of nitrogens with two attached hydrogens (primary N) is 1. The number of hydrogen-bond donors (Lipinski definition) is 1. The van der Waals surface area contributed by atoms with Gasteiger partial charge in [-0.2, -0.15) is 0 Å². The molecule has 2 rings (SSSR count). The van der Waals surface area contributed by atoms with E-state index in [2.05, 4.69) is 10.2 Å². The third-order valence-electron chi connectivity index (χ3n) is 2.68. The summed E-state index contributed by atoms with van der Waals surface area (Å²) in [6.07, 6.45) is 0. The van der Waals surface area contributed by atoms with Gasteiger partial charge in [0.25, 0.3) is 5.22 Å². The minimum atomic E-state index is -0.254. The second kappa shape index (κ2) is 6.16. The van der Waals surface area contributed by atoms with E-state index in [-0.39, 0.29) is 17.8 Å². The maximum Gasteiger partial charge on any atom is 0.276 e. The fourth-order valence-corrected chi connectivity index (χ4v) is 2.18. The fraction of sp³-hybridized carbons (Fsp3) is 0.385. The number of thioether (sulfide) groups is 1. The molecular formula is C13H16FN3OS. The van der Waals surface area contributed by atoms with Gasteiger partial charge in [-0.15, -0.1) is 10.2 Å². The number of rotatable bonds is 5. The van der Waals surface area contributed by atoms with E-state index in [1.165, 1.54) is 23.9 Å². The van der Waals surface area contributed by atoms with Gasteiger partial charge >= 0.3 is 0 Å². The van der Waals surface area contributed by atoms with Crippen molar-refractivity contribution in [2.24, 2.45) is 11.7 Å². The molecule has 0 unspecified atom stereocenters. The van der Waals surface area contributed by atoms with Crippen LogP contribution in [0.25, 0.3) is 0 Å². The summed E-state index contributed by atoms with van der Waals surface area (Å²) in [5, 5.41) is 8.31. The average Bonchev–Trinajstić information content (AvgIpc) is 2.84. The van der Waals surface area contributed by atoms with Crippen molar-refractivity contribution in [3.8, 4) is 0 Å². The lowest BCUT2D eigenvalue weighted by Gasteiger charge is -2.09. The lowest BCUT2D eigenvalue weighted by Crippen LogP contribution is -2.16. The van der Waals surface area contributed by atoms with Crippen LogP contribution in [0.15, 0.2) is 33.9 Å². The monoisotopic (exact) mass is 281 g/mol. The number of benzene rings is 1. The molecule has 1 atom stereocenters. The minimum absolute atomic E-state index is 0.238. The van der Waals surface area contributed by atoms with Crippen LogP contribution in [0.4, 0.5) is 4.39 Å². The summed E-state index contributed by atoms with van der Waals surface area (Å²) in [6, 6.07) is 6.19. The SMILES string of the molecule is CC(C)[C@@H](N)c1nnc(SCc2cccc(F)c2)o1. The fourth-order valence-electron chi connectivity index (χ4n) is 1.47. The second-order valence-electron chi connectivity index (χ2n) is 4.59. The molecule has 4 nitrogen and oxygen atoms in total. The standard InChI is InChI=1S/C13H16FN3OS/c1-8(2)11(15)12-16-17-13(18-12)19-7-9-4-3-5-10(14)6-9/h3-6,8,11H,7,15H2,1-2H3/t11-/m1/s1. The Balaban J connectivity index is 1.97. The summed E-state index contributed by atoms with van der Waals surface area (Å²) >= 11 is 1.37. The lowest BCUT2D eigenvalue weighted by atomic mass is 10.1. The van der Waals surface area contributed by atoms with Crippen LogP contribution in [0.5, 0.6) is 0 Å². The molecule has 0 fully saturated rings. The molecule has 0 bridgehead atoms. The van der Waals surface area contributed by atoms with E-state index in [0.29, 0.717) is 16.9 Å². The van der Waals surface area contributed by atoms with Crippen molar-refractivity contribution in [1.82, 2.24) is 10.2 Å². The largest absolute Gasteiger partial charge is 0.414 e. The van der Waals surface area contributed by atoms with Crippen molar-refractivity contribution in [2.45, 2.75) is 30.9 Å². The van der Waals surface area contributed by atoms with Crippen LogP contribution in [-0.4, -0.2) is 10.2 Å². The van der Waals surface area contributed by atoms with Gasteiger partial charge in [0.2, 0.25) is 5.89 Å². The highest BCUT2D eigenvalue weighted by atomic mass is 32.2. The Morgan fingerprint density at radius 1 is 1.37 bits per heavy atom. The Labute approximate surface area is 115 Å². The molecule has 0 aliphatic carbocycles. The summed E-state index contributed by atoms with van der Waals surface area (Å²) in [5.41, 5.74) is 6.80. The summed E-state index contributed by atoms with van der Waals surface area (Å²) in [7, 11) is 0. The Bertz CT molecular complexity index is 544. The van der Waals surface area contributed by atoms with Crippen LogP contribution in [0, 0.1) is 11.7 Å². The Hall–Kier alpha value is -1.40. The molecule has 0 saturated carbocycles. The van der Waals surface area contributed by atoms with Gasteiger partial charge in [-0.3, -0.25) is 0 Å². The summed E-state index contributed by atoms with van der Waals surface area (Å²) in [6.45, 7) is 3.99. The van der Waals surface area contributed by atoms with Crippen molar-refractivity contribution >= 4 is 11.8 Å². The third-order valence-corrected chi connectivity index (χ3v) is 3.57. The highest BCUT2D eigenvalue weighted by Crippen LogP contribution is 2.25. The Kier molecular flexibility index (Phi) is 4.55. The van der Waals surface area contributed by atoms with Crippen molar-refractivity contribution in [1.29, 1.82) is 0 Å². The van der Waals surface area contributed by atoms with Gasteiger partial charge < -0.3 is 10.2 Å². The highest BCUT2D eigenvalue weighted by Gasteiger charge is 2.17. The maximum atomic E-state index is 13.0. The van der Waals surface area contributed by atoms with E-state index in [4.69, 9.17) is 10.2 Å². The van der Waals surface area contributed by atoms with Crippen LogP contribution < -0.4 is 5.73 Å². The van der Waals surface area contributed by atoms with Gasteiger partial charge in [0.05, 0.1) is 6.04 Å². The predicted octanol–water partition coefficient (Wildman–Crippen LogP) is 3.16. The van der Waals surface area contributed by atoms with Gasteiger partial charge in [-0.1, -0.05) is 37.7 Å². The predicted molar refractivity (Wildman–Crippen MR) is 72.0 cm³/mol. The molecule has 102 valence electrons. The molecule has 0 saturated heterocycles. The van der Waals surface area contributed by atoms with E-state index in [9.17, 15) is 4.39 Å². The average molecular weight is 281 g/mol. The highest BCUT2D eigenvalue weighted by molar-refractivity contribution is 7.98. The lowest BCUT2D eigenvalue weighted by molar-refractivity contribution is 0.349. The normalized spacial score (nSPS) is 12.9. The first-order valence-corrected chi connectivity index (χ1v) is 7.01. The minimum Gasteiger partial charge on any atom is -0.414 e. The molecule has 1 aromatic carbocycles. The number of halogens is 1. The van der Waals surface area contributed by atoms with E-state index in [1.54, 1.807) is 6.07 Å². The Morgan fingerprint density at radius 2 is 2.16 bits per heavy atom. The van der Waals surface area contributed by atoms with Crippen LogP contribution in [-0.2, 0) is 5.75 Å². The summed E-state index contributed by atoms with van der Waals surface area (Å²) in [5.74, 6) is 1.01. The zero-order valence-electron chi connectivity index (χ0n) is 10.8. The van der Waals surface area contributed by atoms with Gasteiger partial charge in [-0.25, -0.2) is 4.39 Å². The molecule has 0 amide bonds. The number of nitrogens with zero attached hydrogens (tertiary/aromatic N) is 2. The van der Waals surface area contributed by atoms with Crippen molar-refractivity contribution in [3.63, 3.8) is 0 Å². The second-order valence-corrected chi connectivity index (χ2v) is 5.52. The van der Waals surface area contributed by atoms with E-state index >= 15 is 0 Å². The van der Waals surface area contributed by atoms with Crippen molar-refractivity contribution < 1.29 is 8.81 Å². The van der Waals surface area contributed by atoms with Crippen molar-refractivity contribution in [2.75, 3.05) is 0 Å². The van der Waals surface area contributed by atoms with E-state index in [0.717, 1.165) is 5.56 Å². The molecule has 1 aromatic heterocycles. The first-order chi connectivity index (χ1) is 9.06. The van der Waals surface area contributed by atoms with Crippen LogP contribution in [0.2, 0.25) is 0 Å². The number of hydrogen-bond acceptors (Lipinski definition) is 5. The van der Waals surface area contributed by atoms with Crippen molar-refractivity contribution in [3.05, 3.63) is 41.5 Å². The molecule has 1 heterocycles. The van der Waals surface area contributed by atoms with E-state index < -0.39 is 0 Å². The summed E-state index contributed by atoms with van der Waals surface area (Å²) in [4.78, 5) is 0. The third kappa shape index (κ3) is 3.78. The van der Waals surface area contributed by atoms with E-state index in [1.807, 2.05) is 19.9 Å². The first kappa shape index (κ1) is 14.0. The van der Waals surface area contributed by atoms with Gasteiger partial charge in [0, 0.05) is 5.75 Å². The molecule has 2 N–H and O–H groups in total. The molecule has 0 aliphatic heterocycles. The smallest absolute Gasteiger partial charge is 0.276 e. The first-order valence-electron chi connectivity index (χ1n) is 6.02. The van der Waals surface area contributed by atoms with Gasteiger partial charge in [-0.05, 0) is 23.6 Å². The maximum absolute atomic E-state index is 13.0. The molecule has 0 spiro atoms. The van der Waals surface area contributed by atoms with Crippen LogP contribution >= 0.6 is 11.8 Å². The molecule has 6 heteroatoms. The molecule has 0 aliphatic rings. The Morgan fingerprint density at radius 3 is 2.84 bits per heavy atom. The zero-order valence-corrected chi connectivity index (χ0v) is 11.7. The van der Waals surface area contributed by atoms with Gasteiger partial charge in [0.15, 0.2) is 0 Å². The molecule has 19 heavy (non-hydrogen) atoms. The molecule has 2 aromatic rings. The van der Waals surface area contributed by atoms with Crippen LogP contribution in [0.3, 0.4) is 0 Å². The summed E-state index contributed by atoms with van der Waals surface area (Å²) < 4.78 is 18.5. The quantitative estimate of drug-likeness (QED) is 0.853. The zero-order chi connectivity index (χ0) is 13.8.